The van der Waals surface area contributed by atoms with Crippen molar-refractivity contribution in [2.24, 2.45) is 11.8 Å². The van der Waals surface area contributed by atoms with E-state index in [0.717, 1.165) is 38.9 Å². The zero-order valence-corrected chi connectivity index (χ0v) is 19.7. The van der Waals surface area contributed by atoms with Gasteiger partial charge in [0, 0.05) is 41.8 Å². The number of phenolic OH excluding ortho intramolecular Hbond substituents is 1. The zero-order chi connectivity index (χ0) is 22.5. The third kappa shape index (κ3) is 3.53. The molecular formula is C28H35N3O2. The number of ether oxygens (including phenoxy) is 1. The van der Waals surface area contributed by atoms with E-state index in [1.54, 1.807) is 7.11 Å². The molecule has 3 N–H and O–H groups in total. The Morgan fingerprint density at radius 2 is 2.03 bits per heavy atom. The summed E-state index contributed by atoms with van der Waals surface area (Å²) in [5.41, 5.74) is 6.84. The second-order valence-electron chi connectivity index (χ2n) is 10.2. The number of rotatable bonds is 4. The molecular weight excluding hydrogens is 410 g/mol. The van der Waals surface area contributed by atoms with Crippen LogP contribution < -0.4 is 10.1 Å². The Labute approximate surface area is 196 Å². The molecule has 0 spiro atoms. The Morgan fingerprint density at radius 1 is 1.15 bits per heavy atom. The third-order valence-corrected chi connectivity index (χ3v) is 8.59. The number of aromatic hydroxyl groups is 1. The highest BCUT2D eigenvalue weighted by atomic mass is 16.5. The van der Waals surface area contributed by atoms with Gasteiger partial charge in [-0.3, -0.25) is 4.90 Å². The van der Waals surface area contributed by atoms with Crippen LogP contribution in [-0.2, 0) is 12.8 Å². The maximum Gasteiger partial charge on any atom is 0.160 e. The summed E-state index contributed by atoms with van der Waals surface area (Å²) in [6, 6.07) is 13.6. The average Bonchev–Trinajstić information content (AvgIpc) is 3.23. The highest BCUT2D eigenvalue weighted by Crippen LogP contribution is 2.47. The normalized spacial score (nSPS) is 27.1. The molecule has 6 rings (SSSR count). The number of phenols is 1. The fourth-order valence-electron chi connectivity index (χ4n) is 6.87. The molecule has 0 amide bonds. The second kappa shape index (κ2) is 8.37. The number of H-pyrrole nitrogens is 1. The smallest absolute Gasteiger partial charge is 0.160 e. The van der Waals surface area contributed by atoms with Crippen molar-refractivity contribution in [2.75, 3.05) is 26.7 Å². The number of methoxy groups -OCH3 is 1. The summed E-state index contributed by atoms with van der Waals surface area (Å²) >= 11 is 0. The number of benzene rings is 2. The van der Waals surface area contributed by atoms with Gasteiger partial charge in [0.2, 0.25) is 0 Å². The lowest BCUT2D eigenvalue weighted by Gasteiger charge is -2.48. The van der Waals surface area contributed by atoms with E-state index >= 15 is 0 Å². The van der Waals surface area contributed by atoms with Gasteiger partial charge in [-0.2, -0.15) is 0 Å². The van der Waals surface area contributed by atoms with Crippen molar-refractivity contribution in [2.45, 2.75) is 51.1 Å². The first-order chi connectivity index (χ1) is 16.2. The molecule has 1 saturated heterocycles. The number of piperidine rings is 1. The Bertz CT molecular complexity index is 1170. The lowest BCUT2D eigenvalue weighted by atomic mass is 9.73. The van der Waals surface area contributed by atoms with E-state index < -0.39 is 0 Å². The number of fused-ring (bicyclic) bond motifs is 6. The van der Waals surface area contributed by atoms with E-state index in [1.165, 1.54) is 46.1 Å². The molecule has 3 aliphatic rings. The predicted molar refractivity (Wildman–Crippen MR) is 132 cm³/mol. The lowest BCUT2D eigenvalue weighted by Crippen LogP contribution is -2.46. The Kier molecular flexibility index (Phi) is 5.34. The first-order valence-electron chi connectivity index (χ1n) is 12.6. The molecule has 4 atom stereocenters. The number of aromatic amines is 1. The van der Waals surface area contributed by atoms with Gasteiger partial charge in [-0.05, 0) is 79.0 Å². The standard InChI is InChI=1S/C28H35N3O2/c1-3-17-16-31-11-9-18-14-27(33-2)26(32)15-22(18)25(31)13-19(17)12-24-28-21(8-10-29-24)20-6-4-5-7-23(20)30-28/h4-7,14-15,17,19,24-25,29-30,32H,3,8-13,16H2,1-2H3/t17-,19-,24+,25-/m0/s1. The Balaban J connectivity index is 1.30. The molecule has 2 aromatic carbocycles. The quantitative estimate of drug-likeness (QED) is 0.523. The monoisotopic (exact) mass is 445 g/mol. The minimum Gasteiger partial charge on any atom is -0.504 e. The molecule has 3 aromatic rings. The molecule has 0 unspecified atom stereocenters. The van der Waals surface area contributed by atoms with Crippen molar-refractivity contribution in [3.05, 3.63) is 58.8 Å². The zero-order valence-electron chi connectivity index (χ0n) is 19.7. The minimum atomic E-state index is 0.268. The Morgan fingerprint density at radius 3 is 2.88 bits per heavy atom. The van der Waals surface area contributed by atoms with Crippen molar-refractivity contribution < 1.29 is 9.84 Å². The number of aromatic nitrogens is 1. The summed E-state index contributed by atoms with van der Waals surface area (Å²) in [4.78, 5) is 6.43. The largest absolute Gasteiger partial charge is 0.504 e. The van der Waals surface area contributed by atoms with Crippen LogP contribution in [0.2, 0.25) is 0 Å². The maximum absolute atomic E-state index is 10.5. The molecule has 1 fully saturated rings. The molecule has 1 aromatic heterocycles. The maximum atomic E-state index is 10.5. The van der Waals surface area contributed by atoms with Crippen LogP contribution >= 0.6 is 0 Å². The van der Waals surface area contributed by atoms with Crippen molar-refractivity contribution >= 4 is 10.9 Å². The van der Waals surface area contributed by atoms with Crippen molar-refractivity contribution in [1.82, 2.24) is 15.2 Å². The van der Waals surface area contributed by atoms with Crippen molar-refractivity contribution in [1.29, 1.82) is 0 Å². The number of para-hydroxylation sites is 1. The highest BCUT2D eigenvalue weighted by Gasteiger charge is 2.40. The molecule has 0 bridgehead atoms. The minimum absolute atomic E-state index is 0.268. The van der Waals surface area contributed by atoms with E-state index in [4.69, 9.17) is 4.74 Å². The molecule has 174 valence electrons. The van der Waals surface area contributed by atoms with E-state index in [1.807, 2.05) is 6.07 Å². The third-order valence-electron chi connectivity index (χ3n) is 8.59. The van der Waals surface area contributed by atoms with Crippen LogP contribution in [0.1, 0.15) is 60.7 Å². The van der Waals surface area contributed by atoms with Gasteiger partial charge < -0.3 is 20.1 Å². The predicted octanol–water partition coefficient (Wildman–Crippen LogP) is 5.10. The molecule has 0 aliphatic carbocycles. The first-order valence-corrected chi connectivity index (χ1v) is 12.6. The number of nitrogens with one attached hydrogen (secondary N) is 2. The van der Waals surface area contributed by atoms with Crippen LogP contribution in [0.3, 0.4) is 0 Å². The van der Waals surface area contributed by atoms with Crippen LogP contribution in [0.4, 0.5) is 0 Å². The van der Waals surface area contributed by atoms with Gasteiger partial charge in [0.25, 0.3) is 0 Å². The molecule has 3 aliphatic heterocycles. The van der Waals surface area contributed by atoms with Gasteiger partial charge in [-0.1, -0.05) is 31.5 Å². The van der Waals surface area contributed by atoms with Gasteiger partial charge in [-0.15, -0.1) is 0 Å². The molecule has 33 heavy (non-hydrogen) atoms. The molecule has 5 nitrogen and oxygen atoms in total. The van der Waals surface area contributed by atoms with E-state index in [-0.39, 0.29) is 5.75 Å². The Hall–Kier alpha value is -2.50. The van der Waals surface area contributed by atoms with E-state index in [2.05, 4.69) is 52.5 Å². The summed E-state index contributed by atoms with van der Waals surface area (Å²) in [5.74, 6) is 2.23. The van der Waals surface area contributed by atoms with Crippen molar-refractivity contribution in [3.8, 4) is 11.5 Å². The van der Waals surface area contributed by atoms with Crippen LogP contribution in [0, 0.1) is 11.8 Å². The molecule has 0 radical (unpaired) electrons. The average molecular weight is 446 g/mol. The van der Waals surface area contributed by atoms with Gasteiger partial charge in [0.05, 0.1) is 7.11 Å². The summed E-state index contributed by atoms with van der Waals surface area (Å²) in [6.07, 6.45) is 5.68. The van der Waals surface area contributed by atoms with Crippen LogP contribution in [0.25, 0.3) is 10.9 Å². The van der Waals surface area contributed by atoms with Crippen LogP contribution in [0.5, 0.6) is 11.5 Å². The van der Waals surface area contributed by atoms with E-state index in [9.17, 15) is 5.11 Å². The van der Waals surface area contributed by atoms with Gasteiger partial charge >= 0.3 is 0 Å². The first kappa shape index (κ1) is 21.1. The summed E-state index contributed by atoms with van der Waals surface area (Å²) in [7, 11) is 1.63. The fourth-order valence-corrected chi connectivity index (χ4v) is 6.87. The molecule has 0 saturated carbocycles. The summed E-state index contributed by atoms with van der Waals surface area (Å²) < 4.78 is 5.39. The second-order valence-corrected chi connectivity index (χ2v) is 10.2. The lowest BCUT2D eigenvalue weighted by molar-refractivity contribution is 0.0433. The van der Waals surface area contributed by atoms with Gasteiger partial charge in [0.1, 0.15) is 0 Å². The topological polar surface area (TPSA) is 60.5 Å². The van der Waals surface area contributed by atoms with Gasteiger partial charge in [-0.25, -0.2) is 0 Å². The van der Waals surface area contributed by atoms with E-state index in [0.29, 0.717) is 29.7 Å². The van der Waals surface area contributed by atoms with Crippen LogP contribution in [-0.4, -0.2) is 41.7 Å². The highest BCUT2D eigenvalue weighted by molar-refractivity contribution is 5.85. The number of nitrogens with zero attached hydrogens (tertiary/aromatic N) is 1. The number of hydrogen-bond acceptors (Lipinski definition) is 4. The SMILES string of the molecule is CC[C@H]1CN2CCc3cc(OC)c(O)cc3[C@@H]2C[C@@H]1C[C@H]1NCCc2c1[nH]c1ccccc21. The van der Waals surface area contributed by atoms with Crippen LogP contribution in [0.15, 0.2) is 36.4 Å². The fraction of sp³-hybridized carbons (Fsp3) is 0.500. The number of hydrogen-bond donors (Lipinski definition) is 3. The summed E-state index contributed by atoms with van der Waals surface area (Å²) in [6.45, 7) is 5.66. The van der Waals surface area contributed by atoms with Crippen molar-refractivity contribution in [3.63, 3.8) is 0 Å². The molecule has 4 heterocycles. The summed E-state index contributed by atoms with van der Waals surface area (Å²) in [5, 5.41) is 15.7. The molecule has 5 heteroatoms. The van der Waals surface area contributed by atoms with Gasteiger partial charge in [0.15, 0.2) is 11.5 Å².